The summed E-state index contributed by atoms with van der Waals surface area (Å²) in [6.45, 7) is 7.93. The fraction of sp³-hybridized carbons (Fsp3) is 0.250. The fourth-order valence-corrected chi connectivity index (χ4v) is 3.79. The first-order valence-corrected chi connectivity index (χ1v) is 10.2. The van der Waals surface area contributed by atoms with Crippen molar-refractivity contribution in [2.75, 3.05) is 0 Å². The maximum atomic E-state index is 12.7. The van der Waals surface area contributed by atoms with Crippen molar-refractivity contribution in [1.82, 2.24) is 25.3 Å². The lowest BCUT2D eigenvalue weighted by Gasteiger charge is -2.15. The van der Waals surface area contributed by atoms with Gasteiger partial charge in [-0.15, -0.1) is 10.2 Å². The number of nitrogens with zero attached hydrogens (tertiary/aromatic N) is 4. The van der Waals surface area contributed by atoms with E-state index in [-0.39, 0.29) is 11.9 Å². The Hall–Kier alpha value is -3.74. The van der Waals surface area contributed by atoms with Crippen LogP contribution < -0.4 is 5.32 Å². The van der Waals surface area contributed by atoms with Crippen LogP contribution in [0.4, 0.5) is 0 Å². The molecule has 158 valence electrons. The third-order valence-electron chi connectivity index (χ3n) is 5.54. The molecule has 0 aliphatic heterocycles. The smallest absolute Gasteiger partial charge is 0.251 e. The number of rotatable bonds is 5. The van der Waals surface area contributed by atoms with Crippen molar-refractivity contribution in [3.8, 4) is 22.9 Å². The highest BCUT2D eigenvalue weighted by Gasteiger charge is 2.19. The summed E-state index contributed by atoms with van der Waals surface area (Å²) in [5, 5.41) is 15.8. The van der Waals surface area contributed by atoms with E-state index < -0.39 is 0 Å². The number of hydrogen-bond acceptors (Lipinski definition) is 5. The van der Waals surface area contributed by atoms with Crippen LogP contribution in [0.3, 0.4) is 0 Å². The maximum absolute atomic E-state index is 12.7. The van der Waals surface area contributed by atoms with E-state index in [0.29, 0.717) is 17.3 Å². The number of hydrogen-bond donors (Lipinski definition) is 1. The number of carbonyl (C=O) groups excluding carboxylic acids is 1. The predicted octanol–water partition coefficient (Wildman–Crippen LogP) is 4.55. The molecule has 0 radical (unpaired) electrons. The number of amides is 1. The second-order valence-corrected chi connectivity index (χ2v) is 7.71. The minimum Gasteiger partial charge on any atom is -0.416 e. The molecule has 0 saturated carbocycles. The molecule has 0 aliphatic carbocycles. The number of nitrogens with one attached hydrogen (secondary N) is 1. The molecule has 0 saturated heterocycles. The van der Waals surface area contributed by atoms with Gasteiger partial charge < -0.3 is 9.73 Å². The summed E-state index contributed by atoms with van der Waals surface area (Å²) in [5.41, 5.74) is 6.31. The van der Waals surface area contributed by atoms with Crippen molar-refractivity contribution in [2.24, 2.45) is 7.05 Å². The van der Waals surface area contributed by atoms with Gasteiger partial charge in [-0.25, -0.2) is 0 Å². The van der Waals surface area contributed by atoms with E-state index in [1.54, 1.807) is 12.1 Å². The quantitative estimate of drug-likeness (QED) is 0.517. The molecule has 1 atom stereocenters. The second-order valence-electron chi connectivity index (χ2n) is 7.71. The number of carbonyl (C=O) groups is 1. The predicted molar refractivity (Wildman–Crippen MR) is 118 cm³/mol. The summed E-state index contributed by atoms with van der Waals surface area (Å²) < 4.78 is 7.69. The molecule has 31 heavy (non-hydrogen) atoms. The van der Waals surface area contributed by atoms with Crippen LogP contribution in [0.1, 0.15) is 45.8 Å². The van der Waals surface area contributed by atoms with Crippen LogP contribution in [0.15, 0.2) is 52.9 Å². The van der Waals surface area contributed by atoms with Gasteiger partial charge in [0, 0.05) is 35.0 Å². The Balaban J connectivity index is 1.49. The lowest BCUT2D eigenvalue weighted by molar-refractivity contribution is 0.0939. The summed E-state index contributed by atoms with van der Waals surface area (Å²) in [4.78, 5) is 12.7. The Morgan fingerprint density at radius 3 is 2.32 bits per heavy atom. The van der Waals surface area contributed by atoms with Crippen LogP contribution in [0.2, 0.25) is 0 Å². The minimum atomic E-state index is -0.146. The molecule has 0 bridgehead atoms. The fourth-order valence-electron chi connectivity index (χ4n) is 3.79. The summed E-state index contributed by atoms with van der Waals surface area (Å²) in [5.74, 6) is 0.749. The van der Waals surface area contributed by atoms with Crippen molar-refractivity contribution >= 4 is 5.91 Å². The van der Waals surface area contributed by atoms with Gasteiger partial charge in [0.25, 0.3) is 5.91 Å². The van der Waals surface area contributed by atoms with Gasteiger partial charge in [0.05, 0.1) is 11.7 Å². The molecule has 1 amide bonds. The summed E-state index contributed by atoms with van der Waals surface area (Å²) in [6, 6.07) is 14.9. The highest BCUT2D eigenvalue weighted by atomic mass is 16.4. The molecule has 7 nitrogen and oxygen atoms in total. The average Bonchev–Trinajstić information content (AvgIpc) is 3.33. The molecule has 2 aromatic carbocycles. The number of aryl methyl sites for hydroxylation is 3. The topological polar surface area (TPSA) is 85.8 Å². The Kier molecular flexibility index (Phi) is 5.42. The Labute approximate surface area is 181 Å². The van der Waals surface area contributed by atoms with Crippen LogP contribution in [0, 0.1) is 20.8 Å². The standard InChI is InChI=1S/C24H25N5O2/c1-14-8-6-7-9-20(14)24-27-26-23(31-24)19-12-10-18(11-13-19)22(30)25-15(2)21-16(3)28-29(5)17(21)4/h6-13,15H,1-5H3,(H,25,30). The molecule has 2 aromatic heterocycles. The van der Waals surface area contributed by atoms with Crippen molar-refractivity contribution in [1.29, 1.82) is 0 Å². The first-order chi connectivity index (χ1) is 14.8. The van der Waals surface area contributed by atoms with E-state index >= 15 is 0 Å². The van der Waals surface area contributed by atoms with E-state index in [1.807, 2.05) is 75.8 Å². The van der Waals surface area contributed by atoms with Crippen molar-refractivity contribution in [2.45, 2.75) is 33.7 Å². The van der Waals surface area contributed by atoms with Crippen molar-refractivity contribution < 1.29 is 9.21 Å². The van der Waals surface area contributed by atoms with E-state index in [0.717, 1.165) is 33.6 Å². The summed E-state index contributed by atoms with van der Waals surface area (Å²) in [7, 11) is 1.90. The lowest BCUT2D eigenvalue weighted by atomic mass is 10.1. The molecule has 0 fully saturated rings. The van der Waals surface area contributed by atoms with Gasteiger partial charge in [0.1, 0.15) is 0 Å². The Bertz CT molecular complexity index is 1240. The van der Waals surface area contributed by atoms with Gasteiger partial charge in [-0.1, -0.05) is 18.2 Å². The molecule has 1 N–H and O–H groups in total. The van der Waals surface area contributed by atoms with E-state index in [4.69, 9.17) is 4.42 Å². The molecule has 4 aromatic rings. The van der Waals surface area contributed by atoms with Crippen LogP contribution in [0.5, 0.6) is 0 Å². The Morgan fingerprint density at radius 1 is 1.00 bits per heavy atom. The summed E-state index contributed by atoms with van der Waals surface area (Å²) in [6.07, 6.45) is 0. The molecule has 7 heteroatoms. The highest BCUT2D eigenvalue weighted by molar-refractivity contribution is 5.94. The van der Waals surface area contributed by atoms with Gasteiger partial charge in [0.15, 0.2) is 0 Å². The second kappa shape index (κ2) is 8.18. The van der Waals surface area contributed by atoms with Crippen molar-refractivity contribution in [3.63, 3.8) is 0 Å². The number of aromatic nitrogens is 4. The largest absolute Gasteiger partial charge is 0.416 e. The molecule has 2 heterocycles. The lowest BCUT2D eigenvalue weighted by Crippen LogP contribution is -2.27. The molecule has 0 spiro atoms. The SMILES string of the molecule is Cc1ccccc1-c1nnc(-c2ccc(C(=O)NC(C)c3c(C)nn(C)c3C)cc2)o1. The zero-order valence-corrected chi connectivity index (χ0v) is 18.3. The van der Waals surface area contributed by atoms with Gasteiger partial charge in [0.2, 0.25) is 11.8 Å². The van der Waals surface area contributed by atoms with Gasteiger partial charge in [-0.3, -0.25) is 9.48 Å². The van der Waals surface area contributed by atoms with Gasteiger partial charge >= 0.3 is 0 Å². The zero-order chi connectivity index (χ0) is 22.1. The molecule has 0 aliphatic rings. The monoisotopic (exact) mass is 415 g/mol. The zero-order valence-electron chi connectivity index (χ0n) is 18.3. The molecule has 1 unspecified atom stereocenters. The van der Waals surface area contributed by atoms with E-state index in [2.05, 4.69) is 20.6 Å². The first-order valence-electron chi connectivity index (χ1n) is 10.2. The van der Waals surface area contributed by atoms with Crippen LogP contribution in [-0.4, -0.2) is 25.9 Å². The minimum absolute atomic E-state index is 0.145. The first kappa shape index (κ1) is 20.5. The summed E-state index contributed by atoms with van der Waals surface area (Å²) >= 11 is 0. The molecular formula is C24H25N5O2. The van der Waals surface area contributed by atoms with Gasteiger partial charge in [-0.05, 0) is 63.6 Å². The third-order valence-corrected chi connectivity index (χ3v) is 5.54. The number of benzene rings is 2. The Morgan fingerprint density at radius 2 is 1.68 bits per heavy atom. The maximum Gasteiger partial charge on any atom is 0.251 e. The van der Waals surface area contributed by atoms with Crippen LogP contribution in [-0.2, 0) is 7.05 Å². The normalized spacial score (nSPS) is 12.0. The molecule has 4 rings (SSSR count). The van der Waals surface area contributed by atoms with Crippen LogP contribution in [0.25, 0.3) is 22.9 Å². The molecular weight excluding hydrogens is 390 g/mol. The van der Waals surface area contributed by atoms with E-state index in [1.165, 1.54) is 0 Å². The third kappa shape index (κ3) is 3.99. The highest BCUT2D eigenvalue weighted by Crippen LogP contribution is 2.26. The van der Waals surface area contributed by atoms with Gasteiger partial charge in [-0.2, -0.15) is 5.10 Å². The van der Waals surface area contributed by atoms with Crippen LogP contribution >= 0.6 is 0 Å². The van der Waals surface area contributed by atoms with Crippen molar-refractivity contribution in [3.05, 3.63) is 76.6 Å². The average molecular weight is 415 g/mol. The van der Waals surface area contributed by atoms with E-state index in [9.17, 15) is 4.79 Å².